The van der Waals surface area contributed by atoms with Crippen molar-refractivity contribution in [2.45, 2.75) is 0 Å². The highest BCUT2D eigenvalue weighted by molar-refractivity contribution is 6.33. The van der Waals surface area contributed by atoms with E-state index in [4.69, 9.17) is 11.6 Å². The van der Waals surface area contributed by atoms with Crippen LogP contribution in [0.2, 0.25) is 5.02 Å². The number of nitrogens with zero attached hydrogens (tertiary/aromatic N) is 3. The lowest BCUT2D eigenvalue weighted by Crippen LogP contribution is -2.20. The second kappa shape index (κ2) is 6.18. The number of allylic oxidation sites excluding steroid dienone is 2. The molecule has 0 radical (unpaired) electrons. The maximum absolute atomic E-state index is 13.3. The summed E-state index contributed by atoms with van der Waals surface area (Å²) in [5, 5.41) is 10.9. The Morgan fingerprint density at radius 3 is 2.78 bits per heavy atom. The predicted octanol–water partition coefficient (Wildman–Crippen LogP) is 4.20. The van der Waals surface area contributed by atoms with E-state index in [1.807, 2.05) is 18.2 Å². The normalized spacial score (nSPS) is 13.8. The summed E-state index contributed by atoms with van der Waals surface area (Å²) in [6.07, 6.45) is 6.66. The zero-order chi connectivity index (χ0) is 16.4. The van der Waals surface area contributed by atoms with Crippen molar-refractivity contribution >= 4 is 28.7 Å². The Morgan fingerprint density at radius 1 is 1.35 bits per heavy atom. The van der Waals surface area contributed by atoms with Gasteiger partial charge in [-0.1, -0.05) is 29.8 Å². The number of aromatic nitrogens is 1. The summed E-state index contributed by atoms with van der Waals surface area (Å²) >= 11 is 6.07. The van der Waals surface area contributed by atoms with E-state index in [0.717, 1.165) is 11.1 Å². The van der Waals surface area contributed by atoms with Crippen LogP contribution in [0.3, 0.4) is 0 Å². The largest absolute Gasteiger partial charge is 0.328 e. The van der Waals surface area contributed by atoms with Crippen LogP contribution < -0.4 is 4.90 Å². The van der Waals surface area contributed by atoms with Gasteiger partial charge in [0.2, 0.25) is 0 Å². The molecule has 116 valence electrons. The average Bonchev–Trinajstić information content (AvgIpc) is 2.55. The minimum atomic E-state index is -0.545. The lowest BCUT2D eigenvalue weighted by atomic mass is 10.0. The Kier molecular flexibility index (Phi) is 4.08. The topological polar surface area (TPSA) is 59.3 Å². The van der Waals surface area contributed by atoms with Crippen LogP contribution in [-0.4, -0.2) is 16.5 Å². The zero-order valence-corrected chi connectivity index (χ0v) is 12.6. The lowest BCUT2D eigenvalue weighted by Gasteiger charge is -2.22. The van der Waals surface area contributed by atoms with Crippen molar-refractivity contribution in [1.29, 1.82) is 0 Å². The van der Waals surface area contributed by atoms with Gasteiger partial charge in [-0.05, 0) is 29.3 Å². The molecule has 1 aromatic heterocycles. The molecular formula is C16H11ClFN3O2. The van der Waals surface area contributed by atoms with Crippen LogP contribution in [0.5, 0.6) is 0 Å². The standard InChI is InChI=1S/C16H11ClFN3O2/c17-15-9-14(21(22)23)10-19-16(15)20-6-4-11(5-7-20)12-2-1-3-13(18)8-12/h1-6,8-10H,7H2. The first kappa shape index (κ1) is 15.2. The number of halogens is 2. The maximum Gasteiger partial charge on any atom is 0.289 e. The van der Waals surface area contributed by atoms with E-state index in [1.54, 1.807) is 17.2 Å². The number of pyridine rings is 1. The summed E-state index contributed by atoms with van der Waals surface area (Å²) in [6.45, 7) is 0.479. The predicted molar refractivity (Wildman–Crippen MR) is 86.8 cm³/mol. The molecule has 2 heterocycles. The second-order valence-electron chi connectivity index (χ2n) is 4.89. The van der Waals surface area contributed by atoms with Gasteiger partial charge in [-0.15, -0.1) is 0 Å². The number of nitro groups is 1. The van der Waals surface area contributed by atoms with Crippen LogP contribution >= 0.6 is 11.6 Å². The van der Waals surface area contributed by atoms with Crippen molar-refractivity contribution in [3.8, 4) is 0 Å². The van der Waals surface area contributed by atoms with Crippen LogP contribution in [0, 0.1) is 15.9 Å². The van der Waals surface area contributed by atoms with Crippen molar-refractivity contribution in [2.75, 3.05) is 11.4 Å². The fourth-order valence-corrected chi connectivity index (χ4v) is 2.54. The summed E-state index contributed by atoms with van der Waals surface area (Å²) < 4.78 is 13.3. The van der Waals surface area contributed by atoms with E-state index in [1.165, 1.54) is 24.4 Å². The highest BCUT2D eigenvalue weighted by atomic mass is 35.5. The fourth-order valence-electron chi connectivity index (χ4n) is 2.27. The Hall–Kier alpha value is -2.73. The van der Waals surface area contributed by atoms with Gasteiger partial charge < -0.3 is 4.90 Å². The molecule has 23 heavy (non-hydrogen) atoms. The first-order chi connectivity index (χ1) is 11.0. The Balaban J connectivity index is 1.82. The van der Waals surface area contributed by atoms with Crippen LogP contribution in [0.4, 0.5) is 15.9 Å². The molecule has 0 saturated heterocycles. The van der Waals surface area contributed by atoms with Gasteiger partial charge in [-0.3, -0.25) is 10.1 Å². The molecule has 0 unspecified atom stereocenters. The summed E-state index contributed by atoms with van der Waals surface area (Å²) in [5.41, 5.74) is 1.51. The quantitative estimate of drug-likeness (QED) is 0.624. The minimum absolute atomic E-state index is 0.157. The maximum atomic E-state index is 13.3. The van der Waals surface area contributed by atoms with E-state index >= 15 is 0 Å². The van der Waals surface area contributed by atoms with E-state index in [0.29, 0.717) is 12.4 Å². The van der Waals surface area contributed by atoms with Crippen LogP contribution in [0.25, 0.3) is 5.57 Å². The van der Waals surface area contributed by atoms with Gasteiger partial charge in [0, 0.05) is 18.8 Å². The molecule has 7 heteroatoms. The monoisotopic (exact) mass is 331 g/mol. The van der Waals surface area contributed by atoms with Gasteiger partial charge in [0.05, 0.1) is 9.95 Å². The molecule has 0 saturated carbocycles. The van der Waals surface area contributed by atoms with Crippen LogP contribution in [-0.2, 0) is 0 Å². The number of hydrogen-bond acceptors (Lipinski definition) is 4. The SMILES string of the molecule is O=[N+]([O-])c1cnc(N2C=CC(c3cccc(F)c3)=CC2)c(Cl)c1. The molecule has 0 fully saturated rings. The molecule has 0 atom stereocenters. The molecular weight excluding hydrogens is 321 g/mol. The van der Waals surface area contributed by atoms with E-state index in [9.17, 15) is 14.5 Å². The smallest absolute Gasteiger partial charge is 0.289 e. The highest BCUT2D eigenvalue weighted by Crippen LogP contribution is 2.29. The van der Waals surface area contributed by atoms with Gasteiger partial charge >= 0.3 is 0 Å². The number of anilines is 1. The summed E-state index contributed by atoms with van der Waals surface area (Å²) in [5.74, 6) is 0.141. The van der Waals surface area contributed by atoms with Crippen molar-refractivity contribution in [3.63, 3.8) is 0 Å². The fraction of sp³-hybridized carbons (Fsp3) is 0.0625. The van der Waals surface area contributed by atoms with Crippen molar-refractivity contribution in [2.24, 2.45) is 0 Å². The van der Waals surface area contributed by atoms with Crippen molar-refractivity contribution < 1.29 is 9.31 Å². The number of benzene rings is 1. The Bertz CT molecular complexity index is 836. The van der Waals surface area contributed by atoms with Crippen LogP contribution in [0.1, 0.15) is 5.56 Å². The highest BCUT2D eigenvalue weighted by Gasteiger charge is 2.16. The molecule has 1 aliphatic heterocycles. The molecule has 0 amide bonds. The number of rotatable bonds is 3. The second-order valence-corrected chi connectivity index (χ2v) is 5.30. The molecule has 0 spiro atoms. The molecule has 1 aliphatic rings. The van der Waals surface area contributed by atoms with E-state index < -0.39 is 4.92 Å². The van der Waals surface area contributed by atoms with Gasteiger partial charge in [-0.2, -0.15) is 0 Å². The molecule has 5 nitrogen and oxygen atoms in total. The van der Waals surface area contributed by atoms with Crippen LogP contribution in [0.15, 0.2) is 54.9 Å². The Labute approximate surface area is 136 Å². The van der Waals surface area contributed by atoms with Gasteiger partial charge in [0.15, 0.2) is 5.82 Å². The van der Waals surface area contributed by atoms with Gasteiger partial charge in [0.1, 0.15) is 12.0 Å². The van der Waals surface area contributed by atoms with E-state index in [2.05, 4.69) is 4.98 Å². The average molecular weight is 332 g/mol. The molecule has 0 aliphatic carbocycles. The first-order valence-corrected chi connectivity index (χ1v) is 7.13. The molecule has 1 aromatic carbocycles. The third-order valence-electron chi connectivity index (χ3n) is 3.39. The summed E-state index contributed by atoms with van der Waals surface area (Å²) in [4.78, 5) is 16.0. The van der Waals surface area contributed by atoms with Gasteiger partial charge in [0.25, 0.3) is 5.69 Å². The molecule has 0 N–H and O–H groups in total. The third kappa shape index (κ3) is 3.22. The lowest BCUT2D eigenvalue weighted by molar-refractivity contribution is -0.385. The minimum Gasteiger partial charge on any atom is -0.328 e. The van der Waals surface area contributed by atoms with Crippen molar-refractivity contribution in [1.82, 2.24) is 4.98 Å². The van der Waals surface area contributed by atoms with Crippen molar-refractivity contribution in [3.05, 3.63) is 81.4 Å². The third-order valence-corrected chi connectivity index (χ3v) is 3.67. The summed E-state index contributed by atoms with van der Waals surface area (Å²) in [7, 11) is 0. The molecule has 2 aromatic rings. The molecule has 0 bridgehead atoms. The summed E-state index contributed by atoms with van der Waals surface area (Å²) in [6, 6.07) is 7.60. The van der Waals surface area contributed by atoms with E-state index in [-0.39, 0.29) is 16.5 Å². The first-order valence-electron chi connectivity index (χ1n) is 6.75. The van der Waals surface area contributed by atoms with Gasteiger partial charge in [-0.25, -0.2) is 9.37 Å². The Morgan fingerprint density at radius 2 is 2.17 bits per heavy atom. The zero-order valence-electron chi connectivity index (χ0n) is 11.8. The molecule has 3 rings (SSSR count). The number of hydrogen-bond donors (Lipinski definition) is 0.